The van der Waals surface area contributed by atoms with Gasteiger partial charge in [-0.3, -0.25) is 4.99 Å². The van der Waals surface area contributed by atoms with Crippen molar-refractivity contribution in [3.63, 3.8) is 0 Å². The smallest absolute Gasteiger partial charge is 0.104 e. The van der Waals surface area contributed by atoms with E-state index in [2.05, 4.69) is 49.3 Å². The molecule has 0 spiro atoms. The number of allylic oxidation sites excluding steroid dienone is 2. The molecule has 0 aromatic heterocycles. The van der Waals surface area contributed by atoms with Gasteiger partial charge < -0.3 is 5.32 Å². The summed E-state index contributed by atoms with van der Waals surface area (Å²) in [6.07, 6.45) is 6.45. The molecule has 2 rings (SSSR count). The standard InChI is InChI=1S/C11H16N2/c1-7(2)11-12-9-6-4-5-8(3)10(9)13-11/h4-8,10H,1-3H3,(H,12,13). The maximum atomic E-state index is 4.68. The van der Waals surface area contributed by atoms with E-state index in [4.69, 9.17) is 0 Å². The fourth-order valence-electron chi connectivity index (χ4n) is 1.75. The van der Waals surface area contributed by atoms with Crippen LogP contribution in [0.3, 0.4) is 0 Å². The van der Waals surface area contributed by atoms with Crippen molar-refractivity contribution in [3.8, 4) is 0 Å². The molecule has 2 unspecified atom stereocenters. The fourth-order valence-corrected chi connectivity index (χ4v) is 1.75. The van der Waals surface area contributed by atoms with Gasteiger partial charge in [0.05, 0.1) is 6.04 Å². The molecule has 1 aliphatic carbocycles. The Morgan fingerprint density at radius 2 is 2.23 bits per heavy atom. The van der Waals surface area contributed by atoms with Gasteiger partial charge in [0, 0.05) is 17.5 Å². The van der Waals surface area contributed by atoms with Crippen molar-refractivity contribution in [1.29, 1.82) is 0 Å². The molecule has 0 aromatic rings. The molecule has 13 heavy (non-hydrogen) atoms. The number of rotatable bonds is 1. The van der Waals surface area contributed by atoms with Gasteiger partial charge in [-0.1, -0.05) is 32.9 Å². The Labute approximate surface area is 79.4 Å². The second-order valence-electron chi connectivity index (χ2n) is 4.10. The first-order chi connectivity index (χ1) is 6.18. The van der Waals surface area contributed by atoms with Crippen LogP contribution in [-0.2, 0) is 0 Å². The Bertz CT molecular complexity index is 297. The highest BCUT2D eigenvalue weighted by molar-refractivity contribution is 5.88. The zero-order chi connectivity index (χ0) is 9.42. The Morgan fingerprint density at radius 3 is 2.85 bits per heavy atom. The number of nitrogens with one attached hydrogen (secondary N) is 1. The van der Waals surface area contributed by atoms with Crippen LogP contribution in [0, 0.1) is 11.8 Å². The molecule has 0 saturated carbocycles. The Kier molecular flexibility index (Phi) is 1.98. The van der Waals surface area contributed by atoms with Crippen LogP contribution in [0.5, 0.6) is 0 Å². The van der Waals surface area contributed by atoms with Crippen molar-refractivity contribution >= 4 is 5.84 Å². The van der Waals surface area contributed by atoms with Crippen molar-refractivity contribution in [1.82, 2.24) is 5.32 Å². The maximum Gasteiger partial charge on any atom is 0.104 e. The largest absolute Gasteiger partial charge is 0.345 e. The Morgan fingerprint density at radius 1 is 1.46 bits per heavy atom. The van der Waals surface area contributed by atoms with E-state index in [1.807, 2.05) is 0 Å². The molecule has 0 aromatic carbocycles. The van der Waals surface area contributed by atoms with Crippen LogP contribution < -0.4 is 5.32 Å². The minimum absolute atomic E-state index is 0.349. The molecule has 70 valence electrons. The Hall–Kier alpha value is -1.05. The summed E-state index contributed by atoms with van der Waals surface area (Å²) < 4.78 is 0. The molecule has 2 nitrogen and oxygen atoms in total. The first-order valence-corrected chi connectivity index (χ1v) is 4.91. The van der Waals surface area contributed by atoms with Crippen LogP contribution in [0.4, 0.5) is 0 Å². The number of hydrogen-bond donors (Lipinski definition) is 1. The number of fused-ring (bicyclic) bond motifs is 1. The molecule has 0 saturated heterocycles. The third kappa shape index (κ3) is 1.41. The van der Waals surface area contributed by atoms with E-state index >= 15 is 0 Å². The van der Waals surface area contributed by atoms with Crippen LogP contribution in [0.2, 0.25) is 0 Å². The third-order valence-corrected chi connectivity index (χ3v) is 2.60. The molecule has 0 amide bonds. The highest BCUT2D eigenvalue weighted by Crippen LogP contribution is 2.25. The summed E-state index contributed by atoms with van der Waals surface area (Å²) in [6.45, 7) is 6.55. The highest BCUT2D eigenvalue weighted by Gasteiger charge is 2.28. The van der Waals surface area contributed by atoms with Crippen LogP contribution in [0.15, 0.2) is 28.9 Å². The molecule has 1 heterocycles. The van der Waals surface area contributed by atoms with Crippen molar-refractivity contribution in [2.75, 3.05) is 0 Å². The van der Waals surface area contributed by atoms with Crippen LogP contribution in [-0.4, -0.2) is 11.9 Å². The van der Waals surface area contributed by atoms with E-state index in [1.54, 1.807) is 0 Å². The normalized spacial score (nSPS) is 31.1. The average molecular weight is 176 g/mol. The summed E-state index contributed by atoms with van der Waals surface area (Å²) in [4.78, 5) is 4.68. The monoisotopic (exact) mass is 176 g/mol. The molecular weight excluding hydrogens is 160 g/mol. The first-order valence-electron chi connectivity index (χ1n) is 4.91. The van der Waals surface area contributed by atoms with Crippen molar-refractivity contribution in [2.45, 2.75) is 26.8 Å². The molecule has 0 fully saturated rings. The first kappa shape index (κ1) is 8.54. The minimum atomic E-state index is 0.349. The van der Waals surface area contributed by atoms with E-state index < -0.39 is 0 Å². The molecule has 2 atom stereocenters. The van der Waals surface area contributed by atoms with Gasteiger partial charge in [-0.15, -0.1) is 0 Å². The molecule has 2 aliphatic rings. The van der Waals surface area contributed by atoms with Gasteiger partial charge in [-0.25, -0.2) is 0 Å². The second-order valence-corrected chi connectivity index (χ2v) is 4.10. The van der Waals surface area contributed by atoms with Crippen molar-refractivity contribution in [3.05, 3.63) is 23.9 Å². The van der Waals surface area contributed by atoms with Crippen LogP contribution >= 0.6 is 0 Å². The van der Waals surface area contributed by atoms with Gasteiger partial charge >= 0.3 is 0 Å². The zero-order valence-corrected chi connectivity index (χ0v) is 8.41. The topological polar surface area (TPSA) is 24.4 Å². The Balaban J connectivity index is 2.23. The zero-order valence-electron chi connectivity index (χ0n) is 8.41. The SMILES string of the molecule is CC(C)C1=NC2C(=CC=CC2C)N1. The van der Waals surface area contributed by atoms with E-state index in [1.165, 1.54) is 5.70 Å². The fraction of sp³-hybridized carbons (Fsp3) is 0.545. The van der Waals surface area contributed by atoms with Gasteiger partial charge in [-0.2, -0.15) is 0 Å². The van der Waals surface area contributed by atoms with E-state index in [-0.39, 0.29) is 0 Å². The van der Waals surface area contributed by atoms with Gasteiger partial charge in [-0.05, 0) is 6.08 Å². The summed E-state index contributed by atoms with van der Waals surface area (Å²) in [7, 11) is 0. The van der Waals surface area contributed by atoms with Crippen molar-refractivity contribution < 1.29 is 0 Å². The lowest BCUT2D eigenvalue weighted by molar-refractivity contribution is 0.604. The van der Waals surface area contributed by atoms with E-state index in [0.717, 1.165) is 5.84 Å². The van der Waals surface area contributed by atoms with Gasteiger partial charge in [0.25, 0.3) is 0 Å². The van der Waals surface area contributed by atoms with Crippen LogP contribution in [0.25, 0.3) is 0 Å². The lowest BCUT2D eigenvalue weighted by atomic mass is 9.95. The van der Waals surface area contributed by atoms with E-state index in [9.17, 15) is 0 Å². The number of nitrogens with zero attached hydrogens (tertiary/aromatic N) is 1. The highest BCUT2D eigenvalue weighted by atomic mass is 15.1. The summed E-state index contributed by atoms with van der Waals surface area (Å²) >= 11 is 0. The van der Waals surface area contributed by atoms with E-state index in [0.29, 0.717) is 17.9 Å². The quantitative estimate of drug-likeness (QED) is 0.650. The lowest BCUT2D eigenvalue weighted by Crippen LogP contribution is -2.25. The summed E-state index contributed by atoms with van der Waals surface area (Å²) in [5.41, 5.74) is 1.26. The summed E-state index contributed by atoms with van der Waals surface area (Å²) in [5.74, 6) is 2.16. The van der Waals surface area contributed by atoms with Gasteiger partial charge in [0.2, 0.25) is 0 Å². The lowest BCUT2D eigenvalue weighted by Gasteiger charge is -2.17. The number of amidine groups is 1. The maximum absolute atomic E-state index is 4.68. The summed E-state index contributed by atoms with van der Waals surface area (Å²) in [5, 5.41) is 3.38. The molecule has 2 heteroatoms. The third-order valence-electron chi connectivity index (χ3n) is 2.60. The van der Waals surface area contributed by atoms with Gasteiger partial charge in [0.1, 0.15) is 5.84 Å². The second kappa shape index (κ2) is 3.02. The molecule has 1 N–H and O–H groups in total. The molecule has 0 bridgehead atoms. The molecular formula is C11H16N2. The van der Waals surface area contributed by atoms with Gasteiger partial charge in [0.15, 0.2) is 0 Å². The number of hydrogen-bond acceptors (Lipinski definition) is 2. The van der Waals surface area contributed by atoms with Crippen molar-refractivity contribution in [2.24, 2.45) is 16.8 Å². The summed E-state index contributed by atoms with van der Waals surface area (Å²) in [6, 6.07) is 0.349. The predicted octanol–water partition coefficient (Wildman–Crippen LogP) is 2.10. The van der Waals surface area contributed by atoms with Crippen LogP contribution in [0.1, 0.15) is 20.8 Å². The predicted molar refractivity (Wildman–Crippen MR) is 55.6 cm³/mol. The minimum Gasteiger partial charge on any atom is -0.345 e. The number of aliphatic imine (C=N–C) groups is 1. The molecule has 0 radical (unpaired) electrons. The molecule has 1 aliphatic heterocycles. The average Bonchev–Trinajstić information content (AvgIpc) is 2.49.